The first-order valence-corrected chi connectivity index (χ1v) is 4.50. The van der Waals surface area contributed by atoms with Gasteiger partial charge in [0.05, 0.1) is 0 Å². The summed E-state index contributed by atoms with van der Waals surface area (Å²) in [5.74, 6) is 0. The van der Waals surface area contributed by atoms with Crippen LogP contribution < -0.4 is 5.14 Å². The molecule has 0 unspecified atom stereocenters. The summed E-state index contributed by atoms with van der Waals surface area (Å²) in [5.41, 5.74) is 0.164. The zero-order chi connectivity index (χ0) is 8.65. The summed E-state index contributed by atoms with van der Waals surface area (Å²) in [5, 5.41) is 7.81. The van der Waals surface area contributed by atoms with Crippen molar-refractivity contribution in [1.82, 2.24) is 5.16 Å². The molecule has 1 heterocycles. The van der Waals surface area contributed by atoms with Gasteiger partial charge in [0.25, 0.3) is 0 Å². The van der Waals surface area contributed by atoms with Gasteiger partial charge >= 0.3 is 0 Å². The molecule has 1 aromatic rings. The van der Waals surface area contributed by atoms with E-state index in [-0.39, 0.29) is 15.8 Å². The van der Waals surface area contributed by atoms with Crippen LogP contribution in [0, 0.1) is 6.92 Å². The van der Waals surface area contributed by atoms with Crippen LogP contribution in [0.1, 0.15) is 5.69 Å². The third-order valence-corrected chi connectivity index (χ3v) is 2.47. The van der Waals surface area contributed by atoms with Gasteiger partial charge in [0, 0.05) is 0 Å². The molecule has 62 valence electrons. The molecule has 5 nitrogen and oxygen atoms in total. The van der Waals surface area contributed by atoms with Crippen LogP contribution in [0.15, 0.2) is 9.42 Å². The minimum Gasteiger partial charge on any atom is -0.343 e. The van der Waals surface area contributed by atoms with E-state index in [1.54, 1.807) is 0 Å². The molecule has 1 rings (SSSR count). The van der Waals surface area contributed by atoms with Gasteiger partial charge in [0.2, 0.25) is 15.2 Å². The molecule has 0 aliphatic carbocycles. The fourth-order valence-corrected chi connectivity index (χ4v) is 1.86. The summed E-state index contributed by atoms with van der Waals surface area (Å²) < 4.78 is 25.8. The molecule has 0 radical (unpaired) electrons. The summed E-state index contributed by atoms with van der Waals surface area (Å²) in [6.45, 7) is 1.44. The van der Waals surface area contributed by atoms with E-state index < -0.39 is 10.0 Å². The third kappa shape index (κ3) is 1.52. The lowest BCUT2D eigenvalue weighted by atomic mass is 10.5. The molecule has 0 saturated heterocycles. The van der Waals surface area contributed by atoms with Crippen LogP contribution >= 0.6 is 11.6 Å². The average molecular weight is 197 g/mol. The van der Waals surface area contributed by atoms with E-state index in [4.69, 9.17) is 16.7 Å². The fraction of sp³-hybridized carbons (Fsp3) is 0.250. The fourth-order valence-electron chi connectivity index (χ4n) is 0.651. The molecule has 0 aliphatic rings. The Hall–Kier alpha value is -0.590. The SMILES string of the molecule is Cc1noc(Cl)c1S(N)(=O)=O. The predicted molar refractivity (Wildman–Crippen MR) is 37.6 cm³/mol. The molecule has 1 aromatic heterocycles. The van der Waals surface area contributed by atoms with Crippen molar-refractivity contribution in [1.29, 1.82) is 0 Å². The Morgan fingerprint density at radius 3 is 2.36 bits per heavy atom. The number of rotatable bonds is 1. The first-order valence-electron chi connectivity index (χ1n) is 2.57. The van der Waals surface area contributed by atoms with Crippen molar-refractivity contribution in [2.45, 2.75) is 11.8 Å². The summed E-state index contributed by atoms with van der Waals surface area (Å²) in [4.78, 5) is -0.251. The first-order chi connectivity index (χ1) is 4.93. The number of halogens is 1. The van der Waals surface area contributed by atoms with E-state index >= 15 is 0 Å². The van der Waals surface area contributed by atoms with Gasteiger partial charge < -0.3 is 4.52 Å². The summed E-state index contributed by atoms with van der Waals surface area (Å²) in [6, 6.07) is 0. The molecule has 0 spiro atoms. The maximum atomic E-state index is 10.7. The van der Waals surface area contributed by atoms with Crippen LogP contribution in [0.3, 0.4) is 0 Å². The summed E-state index contributed by atoms with van der Waals surface area (Å²) in [7, 11) is -3.81. The van der Waals surface area contributed by atoms with Crippen LogP contribution in [-0.2, 0) is 10.0 Å². The van der Waals surface area contributed by atoms with Crippen molar-refractivity contribution in [3.05, 3.63) is 10.9 Å². The highest BCUT2D eigenvalue weighted by Gasteiger charge is 2.21. The van der Waals surface area contributed by atoms with E-state index in [9.17, 15) is 8.42 Å². The Balaban J connectivity index is 3.45. The average Bonchev–Trinajstić information content (AvgIpc) is 2.08. The smallest absolute Gasteiger partial charge is 0.246 e. The minimum absolute atomic E-state index is 0.164. The third-order valence-electron chi connectivity index (χ3n) is 1.05. The number of hydrogen-bond acceptors (Lipinski definition) is 4. The topological polar surface area (TPSA) is 86.2 Å². The van der Waals surface area contributed by atoms with Crippen LogP contribution in [-0.4, -0.2) is 13.6 Å². The molecule has 0 saturated carbocycles. The molecule has 0 amide bonds. The van der Waals surface area contributed by atoms with E-state index in [1.807, 2.05) is 0 Å². The number of nitrogens with two attached hydrogens (primary N) is 1. The monoisotopic (exact) mass is 196 g/mol. The molecule has 0 atom stereocenters. The Morgan fingerprint density at radius 1 is 1.64 bits per heavy atom. The van der Waals surface area contributed by atoms with Gasteiger partial charge in [-0.05, 0) is 18.5 Å². The normalized spacial score (nSPS) is 11.9. The van der Waals surface area contributed by atoms with Gasteiger partial charge in [0.15, 0.2) is 4.90 Å². The van der Waals surface area contributed by atoms with Gasteiger partial charge in [-0.15, -0.1) is 0 Å². The minimum atomic E-state index is -3.81. The largest absolute Gasteiger partial charge is 0.343 e. The second-order valence-corrected chi connectivity index (χ2v) is 3.76. The molecule has 0 fully saturated rings. The van der Waals surface area contributed by atoms with E-state index in [0.29, 0.717) is 0 Å². The second kappa shape index (κ2) is 2.47. The number of nitrogens with zero attached hydrogens (tertiary/aromatic N) is 1. The number of aromatic nitrogens is 1. The number of primary sulfonamides is 1. The van der Waals surface area contributed by atoms with Crippen molar-refractivity contribution in [2.75, 3.05) is 0 Å². The maximum absolute atomic E-state index is 10.7. The first kappa shape index (κ1) is 8.51. The van der Waals surface area contributed by atoms with Crippen LogP contribution in [0.5, 0.6) is 0 Å². The molecule has 2 N–H and O–H groups in total. The lowest BCUT2D eigenvalue weighted by Gasteiger charge is -1.91. The van der Waals surface area contributed by atoms with Crippen molar-refractivity contribution >= 4 is 21.6 Å². The Kier molecular flexibility index (Phi) is 1.91. The zero-order valence-electron chi connectivity index (χ0n) is 5.54. The Labute approximate surface area is 68.2 Å². The summed E-state index contributed by atoms with van der Waals surface area (Å²) >= 11 is 5.34. The highest BCUT2D eigenvalue weighted by atomic mass is 35.5. The van der Waals surface area contributed by atoms with Gasteiger partial charge in [-0.25, -0.2) is 13.6 Å². The van der Waals surface area contributed by atoms with Gasteiger partial charge in [-0.1, -0.05) is 5.16 Å². The molecule has 11 heavy (non-hydrogen) atoms. The molecule has 0 aliphatic heterocycles. The molecular weight excluding hydrogens is 192 g/mol. The van der Waals surface area contributed by atoms with E-state index in [2.05, 4.69) is 9.68 Å². The van der Waals surface area contributed by atoms with Crippen LogP contribution in [0.2, 0.25) is 5.22 Å². The summed E-state index contributed by atoms with van der Waals surface area (Å²) in [6.07, 6.45) is 0. The van der Waals surface area contributed by atoms with Gasteiger partial charge in [-0.2, -0.15) is 0 Å². The highest BCUT2D eigenvalue weighted by molar-refractivity contribution is 7.89. The number of hydrogen-bond donors (Lipinski definition) is 1. The van der Waals surface area contributed by atoms with Crippen molar-refractivity contribution < 1.29 is 12.9 Å². The highest BCUT2D eigenvalue weighted by Crippen LogP contribution is 2.22. The van der Waals surface area contributed by atoms with E-state index in [0.717, 1.165) is 0 Å². The number of aryl methyl sites for hydroxylation is 1. The quantitative estimate of drug-likeness (QED) is 0.699. The van der Waals surface area contributed by atoms with Gasteiger partial charge in [-0.3, -0.25) is 0 Å². The lowest BCUT2D eigenvalue weighted by molar-refractivity contribution is 0.415. The zero-order valence-corrected chi connectivity index (χ0v) is 7.11. The standard InChI is InChI=1S/C4H5ClN2O3S/c1-2-3(11(6,8)9)4(5)10-7-2/h1H3,(H2,6,8,9). The van der Waals surface area contributed by atoms with Crippen LogP contribution in [0.4, 0.5) is 0 Å². The van der Waals surface area contributed by atoms with Crippen LogP contribution in [0.25, 0.3) is 0 Å². The Morgan fingerprint density at radius 2 is 2.18 bits per heavy atom. The predicted octanol–water partition coefficient (Wildman–Crippen LogP) is 0.284. The Bertz CT molecular complexity index is 349. The molecule has 0 bridgehead atoms. The molecule has 7 heteroatoms. The lowest BCUT2D eigenvalue weighted by Crippen LogP contribution is -2.12. The number of sulfonamides is 1. The van der Waals surface area contributed by atoms with Gasteiger partial charge in [0.1, 0.15) is 5.69 Å². The van der Waals surface area contributed by atoms with Crippen molar-refractivity contribution in [3.63, 3.8) is 0 Å². The maximum Gasteiger partial charge on any atom is 0.246 e. The second-order valence-electron chi connectivity index (χ2n) is 1.92. The van der Waals surface area contributed by atoms with E-state index in [1.165, 1.54) is 6.92 Å². The molecule has 0 aromatic carbocycles. The van der Waals surface area contributed by atoms with Crippen molar-refractivity contribution in [3.8, 4) is 0 Å². The van der Waals surface area contributed by atoms with Crippen molar-refractivity contribution in [2.24, 2.45) is 5.14 Å². The molecular formula is C4H5ClN2O3S.